The second-order valence-electron chi connectivity index (χ2n) is 6.12. The lowest BCUT2D eigenvalue weighted by Gasteiger charge is -2.28. The van der Waals surface area contributed by atoms with Crippen molar-refractivity contribution in [1.29, 1.82) is 0 Å². The van der Waals surface area contributed by atoms with Gasteiger partial charge >= 0.3 is 0 Å². The van der Waals surface area contributed by atoms with Crippen molar-refractivity contribution in [1.82, 2.24) is 10.5 Å². The summed E-state index contributed by atoms with van der Waals surface area (Å²) in [5.74, 6) is -0.485. The van der Waals surface area contributed by atoms with E-state index in [1.54, 1.807) is 22.9 Å². The first-order valence-electron chi connectivity index (χ1n) is 8.16. The van der Waals surface area contributed by atoms with Crippen LogP contribution in [0.1, 0.15) is 21.5 Å². The van der Waals surface area contributed by atoms with Gasteiger partial charge in [-0.1, -0.05) is 29.8 Å². The Morgan fingerprint density at radius 2 is 2.12 bits per heavy atom. The lowest BCUT2D eigenvalue weighted by Crippen LogP contribution is -2.30. The Labute approximate surface area is 159 Å². The molecule has 0 atom stereocenters. The standard InChI is InChI=1S/C19H16ClN3O2S/c20-16-3-1-2-13(9-16)17-11-26-19(21-17)23-7-6-12-8-14(18(24)22-25)4-5-15(12)10-23/h1-5,8-9,11,25H,6-7,10H2,(H,22,24). The van der Waals surface area contributed by atoms with Crippen molar-refractivity contribution < 1.29 is 10.0 Å². The van der Waals surface area contributed by atoms with Gasteiger partial charge in [0.25, 0.3) is 5.91 Å². The molecule has 3 aromatic rings. The van der Waals surface area contributed by atoms with Gasteiger partial charge in [0.2, 0.25) is 0 Å². The van der Waals surface area contributed by atoms with Crippen molar-refractivity contribution in [3.63, 3.8) is 0 Å². The van der Waals surface area contributed by atoms with Crippen LogP contribution >= 0.6 is 22.9 Å². The van der Waals surface area contributed by atoms with Crippen molar-refractivity contribution in [2.75, 3.05) is 11.4 Å². The molecule has 2 heterocycles. The minimum absolute atomic E-state index is 0.470. The van der Waals surface area contributed by atoms with Gasteiger partial charge in [-0.25, -0.2) is 10.5 Å². The molecular formula is C19H16ClN3O2S. The summed E-state index contributed by atoms with van der Waals surface area (Å²) in [6, 6.07) is 13.2. The minimum Gasteiger partial charge on any atom is -0.343 e. The van der Waals surface area contributed by atoms with E-state index in [0.717, 1.165) is 41.5 Å². The van der Waals surface area contributed by atoms with Crippen molar-refractivity contribution in [3.05, 3.63) is 69.6 Å². The molecule has 0 saturated carbocycles. The molecule has 2 N–H and O–H groups in total. The summed E-state index contributed by atoms with van der Waals surface area (Å²) in [7, 11) is 0. The molecule has 1 aliphatic heterocycles. The minimum atomic E-state index is -0.485. The molecule has 1 amide bonds. The molecule has 1 aliphatic rings. The molecule has 0 bridgehead atoms. The Kier molecular flexibility index (Phi) is 4.63. The normalized spacial score (nSPS) is 13.4. The van der Waals surface area contributed by atoms with Crippen LogP contribution in [-0.2, 0) is 13.0 Å². The zero-order valence-corrected chi connectivity index (χ0v) is 15.3. The van der Waals surface area contributed by atoms with Crippen molar-refractivity contribution in [3.8, 4) is 11.3 Å². The van der Waals surface area contributed by atoms with E-state index in [1.165, 1.54) is 5.56 Å². The van der Waals surface area contributed by atoms with E-state index in [9.17, 15) is 4.79 Å². The molecule has 1 aromatic heterocycles. The van der Waals surface area contributed by atoms with E-state index in [2.05, 4.69) is 4.90 Å². The Hall–Kier alpha value is -2.41. The van der Waals surface area contributed by atoms with Crippen molar-refractivity contribution in [2.45, 2.75) is 13.0 Å². The zero-order chi connectivity index (χ0) is 18.1. The largest absolute Gasteiger partial charge is 0.343 e. The van der Waals surface area contributed by atoms with Crippen LogP contribution in [-0.4, -0.2) is 22.6 Å². The summed E-state index contributed by atoms with van der Waals surface area (Å²) in [5, 5.41) is 12.5. The first kappa shape index (κ1) is 17.0. The van der Waals surface area contributed by atoms with E-state index in [4.69, 9.17) is 21.8 Å². The van der Waals surface area contributed by atoms with Crippen LogP contribution in [0.2, 0.25) is 5.02 Å². The molecule has 0 fully saturated rings. The second-order valence-corrected chi connectivity index (χ2v) is 7.39. The maximum Gasteiger partial charge on any atom is 0.274 e. The Morgan fingerprint density at radius 3 is 2.92 bits per heavy atom. The number of thiazole rings is 1. The molecule has 7 heteroatoms. The van der Waals surface area contributed by atoms with Gasteiger partial charge in [-0.2, -0.15) is 0 Å². The lowest BCUT2D eigenvalue weighted by atomic mass is 9.97. The van der Waals surface area contributed by atoms with Crippen LogP contribution in [0.3, 0.4) is 0 Å². The predicted molar refractivity (Wildman–Crippen MR) is 103 cm³/mol. The smallest absolute Gasteiger partial charge is 0.274 e. The molecule has 0 radical (unpaired) electrons. The van der Waals surface area contributed by atoms with Crippen LogP contribution in [0.15, 0.2) is 47.8 Å². The molecule has 4 rings (SSSR count). The van der Waals surface area contributed by atoms with E-state index >= 15 is 0 Å². The highest BCUT2D eigenvalue weighted by Gasteiger charge is 2.20. The number of anilines is 1. The third-order valence-corrected chi connectivity index (χ3v) is 5.60. The number of carbonyl (C=O) groups excluding carboxylic acids is 1. The molecule has 2 aromatic carbocycles. The van der Waals surface area contributed by atoms with Crippen LogP contribution in [0.5, 0.6) is 0 Å². The van der Waals surface area contributed by atoms with E-state index < -0.39 is 5.91 Å². The lowest BCUT2D eigenvalue weighted by molar-refractivity contribution is 0.0706. The number of hydrogen-bond donors (Lipinski definition) is 2. The third kappa shape index (κ3) is 3.31. The second kappa shape index (κ2) is 7.07. The maximum atomic E-state index is 11.6. The highest BCUT2D eigenvalue weighted by molar-refractivity contribution is 7.14. The monoisotopic (exact) mass is 385 g/mol. The molecule has 0 unspecified atom stereocenters. The molecule has 0 aliphatic carbocycles. The highest BCUT2D eigenvalue weighted by Crippen LogP contribution is 2.32. The number of benzene rings is 2. The number of amides is 1. The summed E-state index contributed by atoms with van der Waals surface area (Å²) in [5.41, 5.74) is 6.39. The number of nitrogens with one attached hydrogen (secondary N) is 1. The van der Waals surface area contributed by atoms with Gasteiger partial charge < -0.3 is 4.90 Å². The summed E-state index contributed by atoms with van der Waals surface area (Å²) in [6.45, 7) is 1.58. The Bertz CT molecular complexity index is 973. The average Bonchev–Trinajstić information content (AvgIpc) is 3.17. The van der Waals surface area contributed by atoms with Crippen LogP contribution in [0.25, 0.3) is 11.3 Å². The fourth-order valence-electron chi connectivity index (χ4n) is 3.11. The zero-order valence-electron chi connectivity index (χ0n) is 13.8. The van der Waals surface area contributed by atoms with Gasteiger partial charge in [-0.3, -0.25) is 10.0 Å². The van der Waals surface area contributed by atoms with Crippen molar-refractivity contribution >= 4 is 34.0 Å². The number of hydroxylamine groups is 1. The number of nitrogens with zero attached hydrogens (tertiary/aromatic N) is 2. The fraction of sp³-hybridized carbons (Fsp3) is 0.158. The molecule has 5 nitrogen and oxygen atoms in total. The van der Waals surface area contributed by atoms with E-state index in [-0.39, 0.29) is 0 Å². The highest BCUT2D eigenvalue weighted by atomic mass is 35.5. The number of hydrogen-bond acceptors (Lipinski definition) is 5. The summed E-state index contributed by atoms with van der Waals surface area (Å²) < 4.78 is 0. The van der Waals surface area contributed by atoms with Gasteiger partial charge in [0.05, 0.1) is 5.69 Å². The van der Waals surface area contributed by atoms with Gasteiger partial charge in [0.15, 0.2) is 5.13 Å². The molecule has 0 spiro atoms. The molecule has 26 heavy (non-hydrogen) atoms. The Balaban J connectivity index is 1.55. The van der Waals surface area contributed by atoms with Gasteiger partial charge in [-0.15, -0.1) is 11.3 Å². The van der Waals surface area contributed by atoms with E-state index in [1.807, 2.05) is 41.8 Å². The van der Waals surface area contributed by atoms with E-state index in [0.29, 0.717) is 10.6 Å². The number of halogens is 1. The topological polar surface area (TPSA) is 65.5 Å². The number of aromatic nitrogens is 1. The third-order valence-electron chi connectivity index (χ3n) is 4.47. The van der Waals surface area contributed by atoms with Crippen molar-refractivity contribution in [2.24, 2.45) is 0 Å². The van der Waals surface area contributed by atoms with Crippen LogP contribution in [0.4, 0.5) is 5.13 Å². The predicted octanol–water partition coefficient (Wildman–Crippen LogP) is 4.15. The average molecular weight is 386 g/mol. The molecule has 132 valence electrons. The van der Waals surface area contributed by atoms with Gasteiger partial charge in [-0.05, 0) is 41.8 Å². The SMILES string of the molecule is O=C(NO)c1ccc2c(c1)CCN(c1nc(-c3cccc(Cl)c3)cs1)C2. The first-order valence-corrected chi connectivity index (χ1v) is 9.42. The first-order chi connectivity index (χ1) is 12.6. The maximum absolute atomic E-state index is 11.6. The van der Waals surface area contributed by atoms with Gasteiger partial charge in [0.1, 0.15) is 0 Å². The number of rotatable bonds is 3. The van der Waals surface area contributed by atoms with Crippen LogP contribution < -0.4 is 10.4 Å². The Morgan fingerprint density at radius 1 is 1.23 bits per heavy atom. The summed E-state index contributed by atoms with van der Waals surface area (Å²) in [4.78, 5) is 18.6. The van der Waals surface area contributed by atoms with Crippen LogP contribution in [0, 0.1) is 0 Å². The quantitative estimate of drug-likeness (QED) is 0.525. The summed E-state index contributed by atoms with van der Waals surface area (Å²) in [6.07, 6.45) is 0.827. The number of carbonyl (C=O) groups is 1. The summed E-state index contributed by atoms with van der Waals surface area (Å²) >= 11 is 7.69. The molecule has 0 saturated heterocycles. The number of fused-ring (bicyclic) bond motifs is 1. The van der Waals surface area contributed by atoms with Gasteiger partial charge in [0, 0.05) is 34.6 Å². The fourth-order valence-corrected chi connectivity index (χ4v) is 4.16. The molecular weight excluding hydrogens is 370 g/mol.